The molecule has 4 rings (SSSR count). The predicted octanol–water partition coefficient (Wildman–Crippen LogP) is 3.30. The topological polar surface area (TPSA) is 12.0 Å². The van der Waals surface area contributed by atoms with Gasteiger partial charge in [-0.25, -0.2) is 0 Å². The first-order valence-corrected chi connectivity index (χ1v) is 7.60. The fourth-order valence-electron chi connectivity index (χ4n) is 4.56. The third kappa shape index (κ3) is 1.10. The summed E-state index contributed by atoms with van der Waals surface area (Å²) in [5.41, 5.74) is 2.06. The highest BCUT2D eigenvalue weighted by molar-refractivity contribution is 7.10. The molecule has 1 aliphatic heterocycles. The van der Waals surface area contributed by atoms with Gasteiger partial charge in [0.2, 0.25) is 0 Å². The normalized spacial score (nSPS) is 41.2. The number of rotatable bonds is 0. The summed E-state index contributed by atoms with van der Waals surface area (Å²) in [6.45, 7) is 1.20. The fraction of sp³-hybridized carbons (Fsp3) is 0.714. The van der Waals surface area contributed by atoms with Crippen LogP contribution in [0.15, 0.2) is 11.4 Å². The molecule has 0 bridgehead atoms. The molecular formula is C14H19NS. The van der Waals surface area contributed by atoms with Gasteiger partial charge in [0.15, 0.2) is 0 Å². The minimum absolute atomic E-state index is 0.406. The zero-order chi connectivity index (χ0) is 10.6. The molecule has 0 amide bonds. The minimum Gasteiger partial charge on any atom is -0.306 e. The second-order valence-corrected chi connectivity index (χ2v) is 6.68. The molecule has 1 N–H and O–H groups in total. The smallest absolute Gasteiger partial charge is 0.0562 e. The maximum absolute atomic E-state index is 3.92. The van der Waals surface area contributed by atoms with Gasteiger partial charge in [-0.15, -0.1) is 11.3 Å². The van der Waals surface area contributed by atoms with Crippen molar-refractivity contribution in [3.63, 3.8) is 0 Å². The molecule has 2 saturated carbocycles. The van der Waals surface area contributed by atoms with Crippen LogP contribution in [0.1, 0.15) is 42.5 Å². The van der Waals surface area contributed by atoms with Crippen LogP contribution < -0.4 is 5.32 Å². The van der Waals surface area contributed by atoms with E-state index in [2.05, 4.69) is 16.8 Å². The molecule has 1 aromatic heterocycles. The fourth-order valence-corrected chi connectivity index (χ4v) is 5.78. The Morgan fingerprint density at radius 2 is 2.31 bits per heavy atom. The highest BCUT2D eigenvalue weighted by atomic mass is 32.1. The Morgan fingerprint density at radius 1 is 1.31 bits per heavy atom. The Balaban J connectivity index is 1.83. The number of thiophene rings is 1. The van der Waals surface area contributed by atoms with Crippen molar-refractivity contribution in [3.05, 3.63) is 21.9 Å². The van der Waals surface area contributed by atoms with Gasteiger partial charge >= 0.3 is 0 Å². The van der Waals surface area contributed by atoms with Gasteiger partial charge in [0.1, 0.15) is 0 Å². The first-order valence-electron chi connectivity index (χ1n) is 6.72. The molecule has 2 heterocycles. The molecule has 3 aliphatic rings. The molecule has 3 unspecified atom stereocenters. The number of hydrogen-bond donors (Lipinski definition) is 1. The molecule has 0 radical (unpaired) electrons. The standard InChI is InChI=1S/C14H19NS/c1-2-10-4-7-14(12(10)3-1)13-11(5-8-15-14)6-9-16-13/h6,9-10,12,15H,1-5,7-8H2. The predicted molar refractivity (Wildman–Crippen MR) is 67.8 cm³/mol. The van der Waals surface area contributed by atoms with Crippen LogP contribution in [0, 0.1) is 11.8 Å². The van der Waals surface area contributed by atoms with Crippen molar-refractivity contribution in [3.8, 4) is 0 Å². The molecule has 1 spiro atoms. The van der Waals surface area contributed by atoms with E-state index in [-0.39, 0.29) is 0 Å². The summed E-state index contributed by atoms with van der Waals surface area (Å²) in [5.74, 6) is 1.98. The van der Waals surface area contributed by atoms with Gasteiger partial charge in [-0.1, -0.05) is 12.8 Å². The molecule has 1 aromatic rings. The van der Waals surface area contributed by atoms with Gasteiger partial charge in [-0.3, -0.25) is 0 Å². The van der Waals surface area contributed by atoms with E-state index in [9.17, 15) is 0 Å². The second-order valence-electron chi connectivity index (χ2n) is 5.76. The molecule has 2 fully saturated rings. The van der Waals surface area contributed by atoms with Gasteiger partial charge in [0.05, 0.1) is 5.54 Å². The zero-order valence-electron chi connectivity index (χ0n) is 9.67. The van der Waals surface area contributed by atoms with Crippen molar-refractivity contribution in [1.82, 2.24) is 5.32 Å². The van der Waals surface area contributed by atoms with E-state index in [1.807, 2.05) is 11.3 Å². The zero-order valence-corrected chi connectivity index (χ0v) is 10.5. The highest BCUT2D eigenvalue weighted by Crippen LogP contribution is 2.56. The second kappa shape index (κ2) is 3.33. The number of hydrogen-bond acceptors (Lipinski definition) is 2. The van der Waals surface area contributed by atoms with Crippen LogP contribution in [0.4, 0.5) is 0 Å². The van der Waals surface area contributed by atoms with Crippen molar-refractivity contribution in [2.75, 3.05) is 6.54 Å². The molecule has 2 heteroatoms. The Bertz CT molecular complexity index is 411. The van der Waals surface area contributed by atoms with E-state index in [0.717, 1.165) is 11.8 Å². The number of nitrogens with one attached hydrogen (secondary N) is 1. The largest absolute Gasteiger partial charge is 0.306 e. The van der Waals surface area contributed by atoms with E-state index in [4.69, 9.17) is 0 Å². The van der Waals surface area contributed by atoms with Crippen molar-refractivity contribution in [1.29, 1.82) is 0 Å². The van der Waals surface area contributed by atoms with Crippen LogP contribution in [0.5, 0.6) is 0 Å². The van der Waals surface area contributed by atoms with Crippen molar-refractivity contribution in [2.45, 2.75) is 44.1 Å². The Kier molecular flexibility index (Phi) is 2.01. The summed E-state index contributed by atoms with van der Waals surface area (Å²) in [6.07, 6.45) is 8.55. The molecule has 3 atom stereocenters. The van der Waals surface area contributed by atoms with Crippen LogP contribution in [-0.4, -0.2) is 6.54 Å². The lowest BCUT2D eigenvalue weighted by atomic mass is 9.79. The molecule has 1 nitrogen and oxygen atoms in total. The molecule has 0 saturated heterocycles. The van der Waals surface area contributed by atoms with E-state index < -0.39 is 0 Å². The number of fused-ring (bicyclic) bond motifs is 4. The molecule has 0 aromatic carbocycles. The van der Waals surface area contributed by atoms with Crippen LogP contribution in [0.25, 0.3) is 0 Å². The third-order valence-electron chi connectivity index (χ3n) is 5.19. The lowest BCUT2D eigenvalue weighted by Crippen LogP contribution is -2.49. The van der Waals surface area contributed by atoms with E-state index >= 15 is 0 Å². The van der Waals surface area contributed by atoms with Gasteiger partial charge in [-0.2, -0.15) is 0 Å². The SMILES string of the molecule is c1cc2c(s1)C1(CCC3CCCC31)NCC2. The highest BCUT2D eigenvalue weighted by Gasteiger charge is 2.52. The lowest BCUT2D eigenvalue weighted by Gasteiger charge is -2.40. The first-order chi connectivity index (χ1) is 7.90. The molecular weight excluding hydrogens is 214 g/mol. The Hall–Kier alpha value is -0.340. The summed E-state index contributed by atoms with van der Waals surface area (Å²) < 4.78 is 0. The molecule has 2 aliphatic carbocycles. The van der Waals surface area contributed by atoms with Crippen LogP contribution >= 0.6 is 11.3 Å². The summed E-state index contributed by atoms with van der Waals surface area (Å²) >= 11 is 2.01. The van der Waals surface area contributed by atoms with Crippen molar-refractivity contribution >= 4 is 11.3 Å². The third-order valence-corrected chi connectivity index (χ3v) is 6.32. The monoisotopic (exact) mass is 233 g/mol. The Morgan fingerprint density at radius 3 is 3.31 bits per heavy atom. The van der Waals surface area contributed by atoms with Gasteiger partial charge in [0.25, 0.3) is 0 Å². The van der Waals surface area contributed by atoms with Crippen LogP contribution in [0.3, 0.4) is 0 Å². The summed E-state index contributed by atoms with van der Waals surface area (Å²) in [6, 6.07) is 2.37. The van der Waals surface area contributed by atoms with Gasteiger partial charge in [0, 0.05) is 11.4 Å². The summed E-state index contributed by atoms with van der Waals surface area (Å²) in [7, 11) is 0. The van der Waals surface area contributed by atoms with E-state index in [0.29, 0.717) is 5.54 Å². The van der Waals surface area contributed by atoms with E-state index in [1.165, 1.54) is 45.1 Å². The van der Waals surface area contributed by atoms with Gasteiger partial charge in [-0.05, 0) is 54.5 Å². The summed E-state index contributed by atoms with van der Waals surface area (Å²) in [5, 5.41) is 6.23. The average Bonchev–Trinajstić information content (AvgIpc) is 2.97. The van der Waals surface area contributed by atoms with Crippen molar-refractivity contribution < 1.29 is 0 Å². The van der Waals surface area contributed by atoms with Crippen LogP contribution in [0.2, 0.25) is 0 Å². The molecule has 16 heavy (non-hydrogen) atoms. The quantitative estimate of drug-likeness (QED) is 0.725. The lowest BCUT2D eigenvalue weighted by molar-refractivity contribution is 0.225. The Labute approximate surface area is 101 Å². The van der Waals surface area contributed by atoms with Crippen molar-refractivity contribution in [2.24, 2.45) is 11.8 Å². The molecule has 86 valence electrons. The average molecular weight is 233 g/mol. The van der Waals surface area contributed by atoms with E-state index in [1.54, 1.807) is 10.4 Å². The first kappa shape index (κ1) is 9.67. The minimum atomic E-state index is 0.406. The summed E-state index contributed by atoms with van der Waals surface area (Å²) in [4.78, 5) is 1.70. The maximum atomic E-state index is 3.92. The van der Waals surface area contributed by atoms with Crippen LogP contribution in [-0.2, 0) is 12.0 Å². The maximum Gasteiger partial charge on any atom is 0.0562 e. The van der Waals surface area contributed by atoms with Gasteiger partial charge < -0.3 is 5.32 Å².